The number of halogens is 2. The average Bonchev–Trinajstić information content (AvgIpc) is 2.40. The zero-order valence-electron chi connectivity index (χ0n) is 13.6. The Bertz CT molecular complexity index is 527. The van der Waals surface area contributed by atoms with Crippen LogP contribution in [0.25, 0.3) is 0 Å². The van der Waals surface area contributed by atoms with Crippen LogP contribution in [0.1, 0.15) is 34.1 Å². The van der Waals surface area contributed by atoms with Gasteiger partial charge in [0, 0.05) is 19.2 Å². The number of ether oxygens (including phenoxy) is 2. The van der Waals surface area contributed by atoms with Gasteiger partial charge in [-0.15, -0.1) is 0 Å². The minimum atomic E-state index is -0.639. The molecule has 4 nitrogen and oxygen atoms in total. The zero-order valence-corrected chi connectivity index (χ0v) is 16.0. The second kappa shape index (κ2) is 7.66. The lowest BCUT2D eigenvalue weighted by atomic mass is 10.1. The maximum absolute atomic E-state index is 11.9. The van der Waals surface area contributed by atoms with Gasteiger partial charge in [-0.1, -0.05) is 27.5 Å². The van der Waals surface area contributed by atoms with Crippen LogP contribution < -0.4 is 10.1 Å². The fourth-order valence-electron chi connectivity index (χ4n) is 1.48. The number of amides is 1. The maximum Gasteiger partial charge on any atom is 0.240 e. The molecule has 0 spiro atoms. The molecule has 6 heteroatoms. The van der Waals surface area contributed by atoms with E-state index < -0.39 is 4.32 Å². The van der Waals surface area contributed by atoms with E-state index in [2.05, 4.69) is 21.2 Å². The lowest BCUT2D eigenvalue weighted by Crippen LogP contribution is -2.30. The van der Waals surface area contributed by atoms with Gasteiger partial charge < -0.3 is 14.8 Å². The number of alkyl halides is 1. The number of methoxy groups -OCH3 is 1. The molecule has 124 valence electrons. The molecule has 0 aliphatic rings. The van der Waals surface area contributed by atoms with E-state index in [0.29, 0.717) is 23.1 Å². The van der Waals surface area contributed by atoms with Crippen LogP contribution in [0.4, 0.5) is 5.69 Å². The molecule has 1 aromatic carbocycles. The minimum Gasteiger partial charge on any atom is -0.492 e. The predicted molar refractivity (Wildman–Crippen MR) is 94.3 cm³/mol. The molecule has 0 saturated heterocycles. The van der Waals surface area contributed by atoms with Crippen LogP contribution in [0.15, 0.2) is 18.2 Å². The van der Waals surface area contributed by atoms with Crippen molar-refractivity contribution in [2.45, 2.75) is 44.0 Å². The number of carbonyl (C=O) groups is 1. The SMILES string of the molecule is COC(C)(C)CCOc1ccc(NC(=O)C(C)(C)Br)cc1Cl. The fraction of sp³-hybridized carbons (Fsp3) is 0.562. The highest BCUT2D eigenvalue weighted by atomic mass is 79.9. The third kappa shape index (κ3) is 6.15. The van der Waals surface area contributed by atoms with Gasteiger partial charge in [-0.2, -0.15) is 0 Å². The van der Waals surface area contributed by atoms with Gasteiger partial charge in [0.1, 0.15) is 5.75 Å². The van der Waals surface area contributed by atoms with Crippen molar-refractivity contribution in [1.29, 1.82) is 0 Å². The molecule has 0 aliphatic heterocycles. The molecule has 0 radical (unpaired) electrons. The smallest absolute Gasteiger partial charge is 0.240 e. The highest BCUT2D eigenvalue weighted by Crippen LogP contribution is 2.29. The van der Waals surface area contributed by atoms with Gasteiger partial charge >= 0.3 is 0 Å². The Kier molecular flexibility index (Phi) is 6.71. The molecule has 0 heterocycles. The average molecular weight is 393 g/mol. The van der Waals surface area contributed by atoms with Gasteiger partial charge in [0.2, 0.25) is 5.91 Å². The summed E-state index contributed by atoms with van der Waals surface area (Å²) >= 11 is 9.50. The minimum absolute atomic E-state index is 0.140. The van der Waals surface area contributed by atoms with Gasteiger partial charge in [-0.05, 0) is 45.9 Å². The Morgan fingerprint density at radius 2 is 1.95 bits per heavy atom. The highest BCUT2D eigenvalue weighted by molar-refractivity contribution is 9.10. The summed E-state index contributed by atoms with van der Waals surface area (Å²) in [5, 5.41) is 3.25. The van der Waals surface area contributed by atoms with Gasteiger partial charge in [-0.25, -0.2) is 0 Å². The molecule has 0 atom stereocenters. The second-order valence-corrected chi connectivity index (χ2v) is 8.52. The summed E-state index contributed by atoms with van der Waals surface area (Å²) in [4.78, 5) is 11.9. The Labute approximate surface area is 145 Å². The Morgan fingerprint density at radius 3 is 2.45 bits per heavy atom. The molecule has 0 aromatic heterocycles. The van der Waals surface area contributed by atoms with Gasteiger partial charge in [0.15, 0.2) is 0 Å². The number of benzene rings is 1. The molecule has 0 saturated carbocycles. The van der Waals surface area contributed by atoms with Crippen LogP contribution in [-0.2, 0) is 9.53 Å². The first-order valence-corrected chi connectivity index (χ1v) is 8.20. The number of hydrogen-bond donors (Lipinski definition) is 1. The first-order valence-electron chi connectivity index (χ1n) is 7.03. The van der Waals surface area contributed by atoms with Gasteiger partial charge in [0.05, 0.1) is 21.6 Å². The molecule has 1 aromatic rings. The maximum atomic E-state index is 11.9. The number of anilines is 1. The lowest BCUT2D eigenvalue weighted by molar-refractivity contribution is -0.117. The topological polar surface area (TPSA) is 47.6 Å². The van der Waals surface area contributed by atoms with E-state index in [9.17, 15) is 4.79 Å². The van der Waals surface area contributed by atoms with E-state index in [0.717, 1.165) is 6.42 Å². The summed E-state index contributed by atoms with van der Waals surface area (Å²) in [7, 11) is 1.68. The van der Waals surface area contributed by atoms with Crippen LogP contribution in [0.5, 0.6) is 5.75 Å². The van der Waals surface area contributed by atoms with E-state index in [4.69, 9.17) is 21.1 Å². The van der Waals surface area contributed by atoms with Gasteiger partial charge in [0.25, 0.3) is 0 Å². The summed E-state index contributed by atoms with van der Waals surface area (Å²) in [6.07, 6.45) is 0.746. The normalized spacial score (nSPS) is 12.1. The Balaban J connectivity index is 2.65. The molecular weight excluding hydrogens is 370 g/mol. The third-order valence-electron chi connectivity index (χ3n) is 3.24. The Morgan fingerprint density at radius 1 is 1.32 bits per heavy atom. The summed E-state index contributed by atoms with van der Waals surface area (Å²) in [5.74, 6) is 0.448. The number of carbonyl (C=O) groups excluding carboxylic acids is 1. The van der Waals surface area contributed by atoms with Crippen LogP contribution in [0.3, 0.4) is 0 Å². The molecular formula is C16H23BrClNO3. The highest BCUT2D eigenvalue weighted by Gasteiger charge is 2.23. The van der Waals surface area contributed by atoms with E-state index >= 15 is 0 Å². The third-order valence-corrected chi connectivity index (χ3v) is 3.90. The number of hydrogen-bond acceptors (Lipinski definition) is 3. The van der Waals surface area contributed by atoms with Crippen molar-refractivity contribution in [1.82, 2.24) is 0 Å². The van der Waals surface area contributed by atoms with E-state index in [1.54, 1.807) is 39.2 Å². The monoisotopic (exact) mass is 391 g/mol. The summed E-state index contributed by atoms with van der Waals surface area (Å²) < 4.78 is 10.4. The van der Waals surface area contributed by atoms with Crippen molar-refractivity contribution in [3.05, 3.63) is 23.2 Å². The molecule has 0 bridgehead atoms. The van der Waals surface area contributed by atoms with Crippen molar-refractivity contribution < 1.29 is 14.3 Å². The van der Waals surface area contributed by atoms with Crippen molar-refractivity contribution >= 4 is 39.1 Å². The van der Waals surface area contributed by atoms with Crippen LogP contribution in [-0.4, -0.2) is 29.5 Å². The standard InChI is InChI=1S/C16H23BrClNO3/c1-15(2,21-5)8-9-22-13-7-6-11(10-12(13)18)19-14(20)16(3,4)17/h6-7,10H,8-9H2,1-5H3,(H,19,20). The molecule has 1 N–H and O–H groups in total. The zero-order chi connectivity index (χ0) is 17.0. The molecule has 1 rings (SSSR count). The number of nitrogens with one attached hydrogen (secondary N) is 1. The van der Waals surface area contributed by atoms with Gasteiger partial charge in [-0.3, -0.25) is 4.79 Å². The number of rotatable bonds is 7. The molecule has 0 fully saturated rings. The summed E-state index contributed by atoms with van der Waals surface area (Å²) in [6, 6.07) is 5.19. The fourth-order valence-corrected chi connectivity index (χ4v) is 1.82. The first-order chi connectivity index (χ1) is 10.0. The van der Waals surface area contributed by atoms with E-state index in [-0.39, 0.29) is 11.5 Å². The van der Waals surface area contributed by atoms with Crippen molar-refractivity contribution in [2.24, 2.45) is 0 Å². The predicted octanol–water partition coefficient (Wildman–Crippen LogP) is 4.65. The van der Waals surface area contributed by atoms with Crippen molar-refractivity contribution in [3.8, 4) is 5.75 Å². The second-order valence-electron chi connectivity index (χ2n) is 6.13. The quantitative estimate of drug-likeness (QED) is 0.687. The summed E-state index contributed by atoms with van der Waals surface area (Å²) in [6.45, 7) is 8.05. The largest absolute Gasteiger partial charge is 0.492 e. The molecule has 1 amide bonds. The van der Waals surface area contributed by atoms with Crippen molar-refractivity contribution in [2.75, 3.05) is 19.0 Å². The van der Waals surface area contributed by atoms with E-state index in [1.165, 1.54) is 0 Å². The van der Waals surface area contributed by atoms with Crippen LogP contribution >= 0.6 is 27.5 Å². The summed E-state index contributed by atoms with van der Waals surface area (Å²) in [5.41, 5.74) is 0.397. The lowest BCUT2D eigenvalue weighted by Gasteiger charge is -2.22. The van der Waals surface area contributed by atoms with Crippen LogP contribution in [0.2, 0.25) is 5.02 Å². The van der Waals surface area contributed by atoms with E-state index in [1.807, 2.05) is 13.8 Å². The van der Waals surface area contributed by atoms with Crippen LogP contribution in [0, 0.1) is 0 Å². The first kappa shape index (κ1) is 19.3. The molecule has 0 aliphatic carbocycles. The molecule has 22 heavy (non-hydrogen) atoms. The van der Waals surface area contributed by atoms with Crippen molar-refractivity contribution in [3.63, 3.8) is 0 Å². The molecule has 0 unspecified atom stereocenters. The Hall–Kier alpha value is -0.780.